The molecule has 0 amide bonds. The Kier molecular flexibility index (Phi) is 3.19. The molecule has 3 rings (SSSR count). The summed E-state index contributed by atoms with van der Waals surface area (Å²) in [5.74, 6) is 1.47. The monoisotopic (exact) mass is 320 g/mol. The largest absolute Gasteiger partial charge is 0.464 e. The first-order valence-corrected chi connectivity index (χ1v) is 8.90. The van der Waals surface area contributed by atoms with Gasteiger partial charge < -0.3 is 8.94 Å². The van der Waals surface area contributed by atoms with Crippen LogP contribution in [0.1, 0.15) is 5.76 Å². The standard InChI is InChI=1S/C15H16N2O4S/c1-11-10-15(16-21-11)17-22(2,18,19)13-7-5-12(6-8-13)14-4-3-9-20-14/h3-10H,1-2H3,(H2,16,17,18,19). The van der Waals surface area contributed by atoms with Crippen LogP contribution in [0.5, 0.6) is 0 Å². The van der Waals surface area contributed by atoms with Gasteiger partial charge in [-0.15, -0.1) is 9.53 Å². The van der Waals surface area contributed by atoms with Gasteiger partial charge in [0, 0.05) is 17.9 Å². The lowest BCUT2D eigenvalue weighted by molar-refractivity contribution is 0.400. The molecule has 0 fully saturated rings. The minimum absolute atomic E-state index is 0.217. The molecule has 22 heavy (non-hydrogen) atoms. The number of hydrogen-bond acceptors (Lipinski definition) is 4. The van der Waals surface area contributed by atoms with Gasteiger partial charge in [0.1, 0.15) is 11.5 Å². The molecule has 7 heteroatoms. The number of aromatic nitrogens is 1. The highest BCUT2D eigenvalue weighted by Crippen LogP contribution is 2.32. The van der Waals surface area contributed by atoms with Crippen LogP contribution in [0.3, 0.4) is 0 Å². The molecular weight excluding hydrogens is 304 g/mol. The normalized spacial score (nSPS) is 13.5. The Labute approximate surface area is 127 Å². The van der Waals surface area contributed by atoms with Gasteiger partial charge in [-0.3, -0.25) is 9.27 Å². The number of aryl methyl sites for hydroxylation is 1. The van der Waals surface area contributed by atoms with E-state index in [9.17, 15) is 8.76 Å². The predicted molar refractivity (Wildman–Crippen MR) is 84.0 cm³/mol. The highest BCUT2D eigenvalue weighted by Gasteiger charge is 2.25. The summed E-state index contributed by atoms with van der Waals surface area (Å²) in [5.41, 5.74) is 0.828. The summed E-state index contributed by atoms with van der Waals surface area (Å²) in [6, 6.07) is 11.8. The zero-order chi connectivity index (χ0) is 15.8. The summed E-state index contributed by atoms with van der Waals surface area (Å²) in [5, 5.41) is 3.70. The molecule has 0 saturated heterocycles. The van der Waals surface area contributed by atoms with E-state index in [1.807, 2.05) is 6.07 Å². The fourth-order valence-corrected chi connectivity index (χ4v) is 3.59. The summed E-state index contributed by atoms with van der Waals surface area (Å²) in [7, 11) is -4.27. The quantitative estimate of drug-likeness (QED) is 0.767. The predicted octanol–water partition coefficient (Wildman–Crippen LogP) is 3.55. The Balaban J connectivity index is 1.92. The van der Waals surface area contributed by atoms with Gasteiger partial charge in [0.05, 0.1) is 11.2 Å². The summed E-state index contributed by atoms with van der Waals surface area (Å²) in [4.78, 5) is 0.257. The van der Waals surface area contributed by atoms with E-state index in [0.29, 0.717) is 11.5 Å². The first-order valence-electron chi connectivity index (χ1n) is 6.57. The number of hydrogen-bond donors (Lipinski definition) is 2. The Hall–Kier alpha value is -2.38. The number of rotatable bonds is 4. The minimum atomic E-state index is -4.27. The van der Waals surface area contributed by atoms with E-state index in [0.717, 1.165) is 5.56 Å². The third-order valence-corrected chi connectivity index (χ3v) is 5.26. The Morgan fingerprint density at radius 1 is 1.23 bits per heavy atom. The van der Waals surface area contributed by atoms with Crippen molar-refractivity contribution >= 4 is 15.4 Å². The third-order valence-electron chi connectivity index (χ3n) is 3.19. The second-order valence-electron chi connectivity index (χ2n) is 5.21. The van der Waals surface area contributed by atoms with E-state index in [2.05, 4.69) is 9.88 Å². The van der Waals surface area contributed by atoms with Crippen molar-refractivity contribution < 1.29 is 17.7 Å². The molecule has 0 aliphatic heterocycles. The van der Waals surface area contributed by atoms with Crippen LogP contribution in [-0.2, 0) is 9.53 Å². The molecule has 3 aromatic rings. The van der Waals surface area contributed by atoms with E-state index in [1.165, 1.54) is 6.26 Å². The van der Waals surface area contributed by atoms with Crippen molar-refractivity contribution in [2.24, 2.45) is 0 Å². The number of anilines is 1. The van der Waals surface area contributed by atoms with Gasteiger partial charge in [-0.1, -0.05) is 5.16 Å². The van der Waals surface area contributed by atoms with Crippen molar-refractivity contribution in [1.82, 2.24) is 5.16 Å². The number of furan rings is 1. The molecule has 1 aromatic carbocycles. The van der Waals surface area contributed by atoms with Crippen molar-refractivity contribution in [3.63, 3.8) is 0 Å². The molecule has 0 bridgehead atoms. The lowest BCUT2D eigenvalue weighted by atomic mass is 10.2. The molecule has 116 valence electrons. The summed E-state index contributed by atoms with van der Waals surface area (Å²) >= 11 is 0. The maximum atomic E-state index is 12.9. The molecule has 0 atom stereocenters. The average Bonchev–Trinajstić information content (AvgIpc) is 3.10. The van der Waals surface area contributed by atoms with Crippen LogP contribution in [0.25, 0.3) is 11.3 Å². The van der Waals surface area contributed by atoms with Crippen LogP contribution in [0.4, 0.5) is 5.82 Å². The topological polar surface area (TPSA) is 88.5 Å². The first-order chi connectivity index (χ1) is 10.3. The number of nitrogens with one attached hydrogen (secondary N) is 1. The molecule has 0 spiro atoms. The molecule has 2 aromatic heterocycles. The lowest BCUT2D eigenvalue weighted by Gasteiger charge is -2.39. The second kappa shape index (κ2) is 4.82. The van der Waals surface area contributed by atoms with E-state index >= 15 is 0 Å². The highest BCUT2D eigenvalue weighted by atomic mass is 32.3. The van der Waals surface area contributed by atoms with E-state index in [4.69, 9.17) is 8.94 Å². The number of nitrogens with zero attached hydrogens (tertiary/aromatic N) is 1. The van der Waals surface area contributed by atoms with E-state index < -0.39 is 9.53 Å². The van der Waals surface area contributed by atoms with Crippen LogP contribution in [0, 0.1) is 6.92 Å². The van der Waals surface area contributed by atoms with Gasteiger partial charge in [-0.25, -0.2) is 0 Å². The second-order valence-corrected chi connectivity index (χ2v) is 8.45. The Morgan fingerprint density at radius 2 is 1.95 bits per heavy atom. The summed E-state index contributed by atoms with van der Waals surface area (Å²) < 4.78 is 36.2. The first kappa shape index (κ1) is 14.6. The van der Waals surface area contributed by atoms with Crippen LogP contribution in [-0.4, -0.2) is 20.2 Å². The maximum Gasteiger partial charge on any atom is 0.187 e. The molecule has 2 heterocycles. The van der Waals surface area contributed by atoms with Crippen molar-refractivity contribution in [2.45, 2.75) is 11.8 Å². The molecular formula is C15H16N2O4S. The molecule has 0 aliphatic carbocycles. The maximum absolute atomic E-state index is 12.9. The summed E-state index contributed by atoms with van der Waals surface area (Å²) in [6.07, 6.45) is 2.82. The average molecular weight is 320 g/mol. The van der Waals surface area contributed by atoms with Gasteiger partial charge in [-0.2, -0.15) is 4.21 Å². The van der Waals surface area contributed by atoms with Crippen LogP contribution in [0.2, 0.25) is 0 Å². The van der Waals surface area contributed by atoms with E-state index in [1.54, 1.807) is 49.6 Å². The van der Waals surface area contributed by atoms with Gasteiger partial charge in [0.15, 0.2) is 5.82 Å². The highest BCUT2D eigenvalue weighted by molar-refractivity contribution is 8.15. The third kappa shape index (κ3) is 2.81. The SMILES string of the molecule is Cc1cc(NS(C)(=O)(O)c2ccc(-c3ccco3)cc2)no1. The molecule has 0 radical (unpaired) electrons. The molecule has 0 aliphatic rings. The summed E-state index contributed by atoms with van der Waals surface area (Å²) in [6.45, 7) is 1.71. The molecule has 0 saturated carbocycles. The van der Waals surface area contributed by atoms with Crippen molar-refractivity contribution in [3.8, 4) is 11.3 Å². The van der Waals surface area contributed by atoms with Crippen LogP contribution >= 0.6 is 0 Å². The fourth-order valence-electron chi connectivity index (χ4n) is 2.10. The van der Waals surface area contributed by atoms with Gasteiger partial charge in [-0.05, 0) is 43.3 Å². The van der Waals surface area contributed by atoms with E-state index in [-0.39, 0.29) is 10.7 Å². The molecule has 6 nitrogen and oxygen atoms in total. The van der Waals surface area contributed by atoms with Crippen LogP contribution in [0.15, 0.2) is 62.6 Å². The van der Waals surface area contributed by atoms with Crippen LogP contribution < -0.4 is 4.72 Å². The zero-order valence-electron chi connectivity index (χ0n) is 12.1. The van der Waals surface area contributed by atoms with Gasteiger partial charge in [0.2, 0.25) is 0 Å². The molecule has 2 N–H and O–H groups in total. The Bertz CT molecular complexity index is 844. The Morgan fingerprint density at radius 3 is 2.50 bits per heavy atom. The van der Waals surface area contributed by atoms with Crippen molar-refractivity contribution in [2.75, 3.05) is 11.0 Å². The van der Waals surface area contributed by atoms with Gasteiger partial charge >= 0.3 is 0 Å². The van der Waals surface area contributed by atoms with Gasteiger partial charge in [0.25, 0.3) is 0 Å². The minimum Gasteiger partial charge on any atom is -0.464 e. The smallest absolute Gasteiger partial charge is 0.187 e. The molecule has 0 unspecified atom stereocenters. The van der Waals surface area contributed by atoms with Crippen molar-refractivity contribution in [1.29, 1.82) is 0 Å². The fraction of sp³-hybridized carbons (Fsp3) is 0.133. The van der Waals surface area contributed by atoms with Crippen molar-refractivity contribution in [3.05, 3.63) is 54.5 Å². The lowest BCUT2D eigenvalue weighted by Crippen LogP contribution is -2.39. The number of benzene rings is 1. The zero-order valence-corrected chi connectivity index (χ0v) is 13.0.